The fourth-order valence-electron chi connectivity index (χ4n) is 2.13. The van der Waals surface area contributed by atoms with E-state index in [0.29, 0.717) is 0 Å². The highest BCUT2D eigenvalue weighted by molar-refractivity contribution is 5.97. The number of rotatable bonds is 5. The monoisotopic (exact) mass is 295 g/mol. The van der Waals surface area contributed by atoms with Gasteiger partial charge in [-0.3, -0.25) is 10.1 Å². The molecule has 0 heterocycles. The molecule has 0 aromatic heterocycles. The van der Waals surface area contributed by atoms with E-state index in [9.17, 15) is 9.59 Å². The second kappa shape index (κ2) is 7.78. The zero-order valence-corrected chi connectivity index (χ0v) is 12.1. The zero-order valence-electron chi connectivity index (χ0n) is 12.1. The molecule has 0 bridgehead atoms. The van der Waals surface area contributed by atoms with Gasteiger partial charge in [0.25, 0.3) is 0 Å². The molecule has 0 fully saturated rings. The van der Waals surface area contributed by atoms with E-state index in [1.54, 1.807) is 0 Å². The Morgan fingerprint density at radius 3 is 1.95 bits per heavy atom. The summed E-state index contributed by atoms with van der Waals surface area (Å²) >= 11 is 0. The number of carbonyl (C=O) groups is 2. The van der Waals surface area contributed by atoms with E-state index in [0.717, 1.165) is 11.1 Å². The average Bonchev–Trinajstić information content (AvgIpc) is 2.55. The van der Waals surface area contributed by atoms with Crippen molar-refractivity contribution in [3.05, 3.63) is 84.4 Å². The third-order valence-corrected chi connectivity index (χ3v) is 3.09. The van der Waals surface area contributed by atoms with Crippen LogP contribution in [0.4, 0.5) is 4.79 Å². The molecule has 4 nitrogen and oxygen atoms in total. The molecule has 22 heavy (non-hydrogen) atoms. The van der Waals surface area contributed by atoms with Crippen LogP contribution in [0, 0.1) is 0 Å². The summed E-state index contributed by atoms with van der Waals surface area (Å²) in [6, 6.07) is 18.6. The first-order chi connectivity index (χ1) is 10.7. The minimum Gasteiger partial charge on any atom is -0.445 e. The van der Waals surface area contributed by atoms with E-state index in [1.165, 1.54) is 6.08 Å². The predicted octanol–water partition coefficient (Wildman–Crippen LogP) is 3.26. The first kappa shape index (κ1) is 15.5. The lowest BCUT2D eigenvalue weighted by Crippen LogP contribution is -2.35. The van der Waals surface area contributed by atoms with Crippen LogP contribution in [0.2, 0.25) is 0 Å². The second-order valence-corrected chi connectivity index (χ2v) is 4.63. The number of hydrogen-bond donors (Lipinski definition) is 1. The molecule has 2 aromatic rings. The summed E-state index contributed by atoms with van der Waals surface area (Å²) < 4.78 is 4.79. The Balaban J connectivity index is 2.23. The summed E-state index contributed by atoms with van der Waals surface area (Å²) in [4.78, 5) is 24.1. The lowest BCUT2D eigenvalue weighted by atomic mass is 9.90. The van der Waals surface area contributed by atoms with Gasteiger partial charge < -0.3 is 4.74 Å². The molecule has 2 rings (SSSR count). The Morgan fingerprint density at radius 1 is 1.00 bits per heavy atom. The molecule has 0 radical (unpaired) electrons. The molecule has 0 saturated heterocycles. The summed E-state index contributed by atoms with van der Waals surface area (Å²) in [5.41, 5.74) is 1.62. The Bertz CT molecular complexity index is 598. The highest BCUT2D eigenvalue weighted by Crippen LogP contribution is 2.24. The smallest absolute Gasteiger partial charge is 0.414 e. The molecule has 0 unspecified atom stereocenters. The number of amides is 2. The highest BCUT2D eigenvalue weighted by atomic mass is 16.5. The molecule has 112 valence electrons. The van der Waals surface area contributed by atoms with Crippen LogP contribution in [0.15, 0.2) is 73.3 Å². The summed E-state index contributed by atoms with van der Waals surface area (Å²) in [6.07, 6.45) is 0.664. The molecule has 2 amide bonds. The van der Waals surface area contributed by atoms with Gasteiger partial charge in [0.2, 0.25) is 5.91 Å². The second-order valence-electron chi connectivity index (χ2n) is 4.63. The van der Waals surface area contributed by atoms with Crippen molar-refractivity contribution < 1.29 is 14.3 Å². The maximum absolute atomic E-state index is 12.5. The number of ether oxygens (including phenoxy) is 1. The van der Waals surface area contributed by atoms with Crippen molar-refractivity contribution in [2.24, 2.45) is 0 Å². The molecule has 0 aliphatic heterocycles. The molecule has 2 aromatic carbocycles. The van der Waals surface area contributed by atoms with Crippen LogP contribution in [0.5, 0.6) is 0 Å². The molecule has 0 spiro atoms. The quantitative estimate of drug-likeness (QED) is 0.861. The zero-order chi connectivity index (χ0) is 15.8. The fourth-order valence-corrected chi connectivity index (χ4v) is 2.13. The molecule has 0 aliphatic rings. The normalized spacial score (nSPS) is 10.0. The van der Waals surface area contributed by atoms with Gasteiger partial charge in [0.1, 0.15) is 6.61 Å². The summed E-state index contributed by atoms with van der Waals surface area (Å²) in [7, 11) is 0. The van der Waals surface area contributed by atoms with E-state index in [2.05, 4.69) is 11.9 Å². The third kappa shape index (κ3) is 4.06. The summed E-state index contributed by atoms with van der Waals surface area (Å²) in [5.74, 6) is -0.995. The van der Waals surface area contributed by atoms with Gasteiger partial charge in [0.05, 0.1) is 5.92 Å². The van der Waals surface area contributed by atoms with Crippen molar-refractivity contribution in [2.45, 2.75) is 5.92 Å². The van der Waals surface area contributed by atoms with Gasteiger partial charge in [-0.2, -0.15) is 0 Å². The molecule has 1 N–H and O–H groups in total. The van der Waals surface area contributed by atoms with Crippen LogP contribution in [-0.4, -0.2) is 18.6 Å². The Morgan fingerprint density at radius 2 is 1.50 bits per heavy atom. The van der Waals surface area contributed by atoms with Gasteiger partial charge in [-0.05, 0) is 11.1 Å². The lowest BCUT2D eigenvalue weighted by Gasteiger charge is -2.17. The first-order valence-electron chi connectivity index (χ1n) is 6.90. The average molecular weight is 295 g/mol. The number of carbonyl (C=O) groups excluding carboxylic acids is 2. The number of alkyl carbamates (subject to hydrolysis) is 1. The number of imide groups is 1. The third-order valence-electron chi connectivity index (χ3n) is 3.09. The summed E-state index contributed by atoms with van der Waals surface area (Å²) in [5, 5.41) is 2.26. The maximum Gasteiger partial charge on any atom is 0.414 e. The van der Waals surface area contributed by atoms with Gasteiger partial charge in [-0.15, -0.1) is 0 Å². The Kier molecular flexibility index (Phi) is 5.49. The van der Waals surface area contributed by atoms with Crippen LogP contribution in [0.1, 0.15) is 17.0 Å². The minimum absolute atomic E-state index is 0.0560. The Labute approximate surface area is 129 Å². The van der Waals surface area contributed by atoms with Crippen molar-refractivity contribution in [2.75, 3.05) is 6.61 Å². The molecular formula is C18H17NO3. The van der Waals surface area contributed by atoms with E-state index in [4.69, 9.17) is 4.74 Å². The largest absolute Gasteiger partial charge is 0.445 e. The Hall–Kier alpha value is -2.88. The molecular weight excluding hydrogens is 278 g/mol. The lowest BCUT2D eigenvalue weighted by molar-refractivity contribution is -0.121. The van der Waals surface area contributed by atoms with Crippen molar-refractivity contribution in [1.82, 2.24) is 5.32 Å². The van der Waals surface area contributed by atoms with Gasteiger partial charge >= 0.3 is 6.09 Å². The molecule has 4 heteroatoms. The van der Waals surface area contributed by atoms with Crippen molar-refractivity contribution in [1.29, 1.82) is 0 Å². The van der Waals surface area contributed by atoms with E-state index in [-0.39, 0.29) is 6.61 Å². The van der Waals surface area contributed by atoms with E-state index in [1.807, 2.05) is 60.7 Å². The number of benzene rings is 2. The van der Waals surface area contributed by atoms with Crippen LogP contribution < -0.4 is 5.32 Å². The van der Waals surface area contributed by atoms with Crippen LogP contribution in [0.25, 0.3) is 0 Å². The van der Waals surface area contributed by atoms with Gasteiger partial charge in [-0.25, -0.2) is 4.79 Å². The predicted molar refractivity (Wildman–Crippen MR) is 84.4 cm³/mol. The van der Waals surface area contributed by atoms with Crippen LogP contribution in [0.3, 0.4) is 0 Å². The minimum atomic E-state index is -0.776. The fraction of sp³-hybridized carbons (Fsp3) is 0.111. The standard InChI is InChI=1S/C18H17NO3/c1-2-13-22-18(21)19-17(20)16(14-9-5-3-6-10-14)15-11-7-4-8-12-15/h2-12,16H,1,13H2,(H,19,20,21). The van der Waals surface area contributed by atoms with Crippen LogP contribution in [-0.2, 0) is 9.53 Å². The highest BCUT2D eigenvalue weighted by Gasteiger charge is 2.24. The first-order valence-corrected chi connectivity index (χ1v) is 6.90. The van der Waals surface area contributed by atoms with Crippen molar-refractivity contribution in [3.63, 3.8) is 0 Å². The van der Waals surface area contributed by atoms with E-state index >= 15 is 0 Å². The molecule has 0 aliphatic carbocycles. The number of hydrogen-bond acceptors (Lipinski definition) is 3. The maximum atomic E-state index is 12.5. The molecule has 0 atom stereocenters. The number of nitrogens with one attached hydrogen (secondary N) is 1. The van der Waals surface area contributed by atoms with Gasteiger partial charge in [0, 0.05) is 0 Å². The van der Waals surface area contributed by atoms with Gasteiger partial charge in [-0.1, -0.05) is 73.3 Å². The van der Waals surface area contributed by atoms with Gasteiger partial charge in [0.15, 0.2) is 0 Å². The molecule has 0 saturated carbocycles. The summed E-state index contributed by atoms with van der Waals surface area (Å²) in [6.45, 7) is 3.51. The topological polar surface area (TPSA) is 55.4 Å². The van der Waals surface area contributed by atoms with Crippen LogP contribution >= 0.6 is 0 Å². The van der Waals surface area contributed by atoms with E-state index < -0.39 is 17.9 Å². The van der Waals surface area contributed by atoms with Crippen molar-refractivity contribution in [3.8, 4) is 0 Å². The van der Waals surface area contributed by atoms with Crippen molar-refractivity contribution >= 4 is 12.0 Å². The SMILES string of the molecule is C=CCOC(=O)NC(=O)C(c1ccccc1)c1ccccc1.